The molecule has 5 heteroatoms. The summed E-state index contributed by atoms with van der Waals surface area (Å²) in [7, 11) is 0. The number of hydrogen-bond donors (Lipinski definition) is 0. The molecule has 1 aliphatic rings. The van der Waals surface area contributed by atoms with Crippen LogP contribution in [0.2, 0.25) is 0 Å². The summed E-state index contributed by atoms with van der Waals surface area (Å²) in [4.78, 5) is 0. The van der Waals surface area contributed by atoms with Crippen molar-refractivity contribution >= 4 is 29.1 Å². The molecule has 1 nitrogen and oxygen atoms in total. The Kier molecular flexibility index (Phi) is 4.35. The van der Waals surface area contributed by atoms with Crippen molar-refractivity contribution in [2.45, 2.75) is 9.79 Å². The van der Waals surface area contributed by atoms with Crippen molar-refractivity contribution in [2.24, 2.45) is 0 Å². The van der Waals surface area contributed by atoms with Gasteiger partial charge in [0.15, 0.2) is 0 Å². The van der Waals surface area contributed by atoms with Crippen LogP contribution in [0.15, 0.2) is 91.0 Å². The first-order chi connectivity index (χ1) is 12.5. The van der Waals surface area contributed by atoms with Crippen LogP contribution in [-0.2, 0) is 4.74 Å². The molecule has 26 heavy (non-hydrogen) atoms. The quantitative estimate of drug-likeness (QED) is 0.430. The molecule has 1 heterocycles. The normalized spacial score (nSPS) is 20.0. The number of benzene rings is 3. The minimum absolute atomic E-state index is 0.273. The molecule has 0 N–H and O–H groups in total. The number of alkyl halides is 3. The Labute approximate surface area is 154 Å². The zero-order valence-corrected chi connectivity index (χ0v) is 16.8. The van der Waals surface area contributed by atoms with Gasteiger partial charge in [-0.15, -0.1) is 0 Å². The van der Waals surface area contributed by atoms with E-state index in [9.17, 15) is 13.2 Å². The monoisotopic (exact) mass is 462 g/mol. The Morgan fingerprint density at radius 1 is 0.654 bits per heavy atom. The van der Waals surface area contributed by atoms with Gasteiger partial charge in [0, 0.05) is 0 Å². The third-order valence-corrected chi connectivity index (χ3v) is 20.5. The van der Waals surface area contributed by atoms with E-state index in [1.54, 1.807) is 0 Å². The van der Waals surface area contributed by atoms with E-state index >= 15 is 0 Å². The molecule has 1 saturated heterocycles. The summed E-state index contributed by atoms with van der Waals surface area (Å²) in [6.45, 7) is -0.273. The van der Waals surface area contributed by atoms with Crippen molar-refractivity contribution in [2.75, 3.05) is 6.61 Å². The molecule has 3 aromatic rings. The van der Waals surface area contributed by atoms with E-state index in [2.05, 4.69) is 0 Å². The van der Waals surface area contributed by atoms with Crippen LogP contribution in [0.25, 0.3) is 0 Å². The Balaban J connectivity index is 2.12. The second-order valence-electron chi connectivity index (χ2n) is 6.46. The van der Waals surface area contributed by atoms with Crippen LogP contribution in [0.4, 0.5) is 13.2 Å². The summed E-state index contributed by atoms with van der Waals surface area (Å²) in [6.07, 6.45) is -4.43. The van der Waals surface area contributed by atoms with E-state index in [1.165, 1.54) is 0 Å². The van der Waals surface area contributed by atoms with Gasteiger partial charge in [-0.3, -0.25) is 0 Å². The first-order valence-corrected chi connectivity index (χ1v) is 14.1. The summed E-state index contributed by atoms with van der Waals surface area (Å²) >= 11 is -4.57. The fourth-order valence-corrected chi connectivity index (χ4v) is 19.4. The van der Waals surface area contributed by atoms with Crippen LogP contribution in [0.1, 0.15) is 0 Å². The molecule has 0 aliphatic carbocycles. The van der Waals surface area contributed by atoms with E-state index in [1.807, 2.05) is 91.0 Å². The SMILES string of the molecule is FC(F)(F)[C@]1([Sn]([c]2ccccc2)([c]2ccccc2)[c]2ccccc2)CO1. The molecular weight excluding hydrogens is 444 g/mol. The van der Waals surface area contributed by atoms with Gasteiger partial charge in [0.2, 0.25) is 0 Å². The zero-order valence-electron chi connectivity index (χ0n) is 13.9. The molecule has 0 unspecified atom stereocenters. The number of rotatable bonds is 4. The summed E-state index contributed by atoms with van der Waals surface area (Å²) in [6, 6.07) is 27.5. The van der Waals surface area contributed by atoms with E-state index in [4.69, 9.17) is 4.74 Å². The van der Waals surface area contributed by atoms with Crippen LogP contribution in [0.5, 0.6) is 0 Å². The van der Waals surface area contributed by atoms with Gasteiger partial charge in [-0.1, -0.05) is 0 Å². The molecule has 1 atom stereocenters. The van der Waals surface area contributed by atoms with Crippen LogP contribution in [0.3, 0.4) is 0 Å². The van der Waals surface area contributed by atoms with E-state index in [-0.39, 0.29) is 6.61 Å². The van der Waals surface area contributed by atoms with Crippen molar-refractivity contribution in [3.05, 3.63) is 91.0 Å². The van der Waals surface area contributed by atoms with Gasteiger partial charge in [-0.25, -0.2) is 0 Å². The van der Waals surface area contributed by atoms with Crippen LogP contribution < -0.4 is 10.7 Å². The molecule has 0 bridgehead atoms. The summed E-state index contributed by atoms with van der Waals surface area (Å²) in [5.41, 5.74) is 0. The molecule has 132 valence electrons. The number of ether oxygens (including phenoxy) is 1. The summed E-state index contributed by atoms with van der Waals surface area (Å²) in [5, 5.41) is 0. The van der Waals surface area contributed by atoms with E-state index in [0.717, 1.165) is 10.7 Å². The molecule has 0 saturated carbocycles. The van der Waals surface area contributed by atoms with Crippen LogP contribution in [0, 0.1) is 0 Å². The third-order valence-electron chi connectivity index (χ3n) is 5.12. The molecule has 1 fully saturated rings. The molecule has 0 spiro atoms. The maximum atomic E-state index is 14.4. The van der Waals surface area contributed by atoms with Crippen molar-refractivity contribution in [1.82, 2.24) is 0 Å². The third kappa shape index (κ3) is 2.50. The summed E-state index contributed by atoms with van der Waals surface area (Å²) < 4.78 is 48.7. The average Bonchev–Trinajstić information content (AvgIpc) is 3.47. The van der Waals surface area contributed by atoms with Crippen molar-refractivity contribution < 1.29 is 17.9 Å². The molecule has 0 radical (unpaired) electrons. The fourth-order valence-electron chi connectivity index (χ4n) is 3.93. The average molecular weight is 461 g/mol. The maximum absolute atomic E-state index is 14.4. The minimum atomic E-state index is -4.57. The van der Waals surface area contributed by atoms with E-state index in [0.29, 0.717) is 0 Å². The number of epoxide rings is 1. The fraction of sp³-hybridized carbons (Fsp3) is 0.143. The van der Waals surface area contributed by atoms with E-state index < -0.39 is 28.2 Å². The van der Waals surface area contributed by atoms with Crippen molar-refractivity contribution in [1.29, 1.82) is 0 Å². The first-order valence-electron chi connectivity index (χ1n) is 8.40. The zero-order chi connectivity index (χ0) is 18.3. The van der Waals surface area contributed by atoms with Crippen LogP contribution in [-0.4, -0.2) is 34.8 Å². The first kappa shape index (κ1) is 17.6. The van der Waals surface area contributed by atoms with Gasteiger partial charge in [-0.05, 0) is 0 Å². The van der Waals surface area contributed by atoms with Gasteiger partial charge >= 0.3 is 154 Å². The molecular formula is C21H17F3OSn. The van der Waals surface area contributed by atoms with Gasteiger partial charge in [-0.2, -0.15) is 0 Å². The van der Waals surface area contributed by atoms with Gasteiger partial charge < -0.3 is 0 Å². The molecule has 0 amide bonds. The van der Waals surface area contributed by atoms with Gasteiger partial charge in [0.05, 0.1) is 0 Å². The van der Waals surface area contributed by atoms with Crippen molar-refractivity contribution in [3.8, 4) is 0 Å². The number of halogens is 3. The Bertz CT molecular complexity index is 779. The predicted octanol–water partition coefficient (Wildman–Crippen LogP) is 3.03. The summed E-state index contributed by atoms with van der Waals surface area (Å²) in [5.74, 6) is 0. The van der Waals surface area contributed by atoms with Gasteiger partial charge in [0.25, 0.3) is 0 Å². The van der Waals surface area contributed by atoms with Crippen LogP contribution >= 0.6 is 0 Å². The molecule has 3 aromatic carbocycles. The Morgan fingerprint density at radius 2 is 0.962 bits per heavy atom. The number of hydrogen-bond acceptors (Lipinski definition) is 1. The topological polar surface area (TPSA) is 12.5 Å². The van der Waals surface area contributed by atoms with Crippen molar-refractivity contribution in [3.63, 3.8) is 0 Å². The Morgan fingerprint density at radius 3 is 1.19 bits per heavy atom. The second kappa shape index (κ2) is 6.43. The Hall–Kier alpha value is -1.79. The molecule has 0 aromatic heterocycles. The molecule has 4 rings (SSSR count). The van der Waals surface area contributed by atoms with Gasteiger partial charge in [0.1, 0.15) is 0 Å². The standard InChI is InChI=1S/3C6H5.C3H2F3O.Sn/c3*1-2-4-6-5-3-1;4-3(5,6)2-1-7-2;/h3*1-5H;1H2;. The molecule has 1 aliphatic heterocycles. The second-order valence-corrected chi connectivity index (χ2v) is 18.0. The predicted molar refractivity (Wildman–Crippen MR) is 98.7 cm³/mol.